The third kappa shape index (κ3) is 5.23. The summed E-state index contributed by atoms with van der Waals surface area (Å²) in [4.78, 5) is 25.2. The van der Waals surface area contributed by atoms with Crippen LogP contribution in [0.1, 0.15) is 43.0 Å². The smallest absolute Gasteiger partial charge is 0.305 e. The average molecular weight is 335 g/mol. The lowest BCUT2D eigenvalue weighted by Gasteiger charge is -2.34. The quantitative estimate of drug-likeness (QED) is 0.739. The molecule has 1 aromatic rings. The topological polar surface area (TPSA) is 76.1 Å². The fourth-order valence-electron chi connectivity index (χ4n) is 2.69. The Morgan fingerprint density at radius 3 is 2.71 bits per heavy atom. The molecule has 0 saturated carbocycles. The van der Waals surface area contributed by atoms with Gasteiger partial charge in [-0.2, -0.15) is 0 Å². The van der Waals surface area contributed by atoms with Gasteiger partial charge in [-0.1, -0.05) is 19.8 Å². The number of carboxylic acids is 1. The number of morpholine rings is 1. The molecule has 24 heavy (non-hydrogen) atoms. The first-order valence-corrected chi connectivity index (χ1v) is 8.45. The second kappa shape index (κ2) is 9.27. The van der Waals surface area contributed by atoms with Crippen LogP contribution in [-0.4, -0.2) is 54.3 Å². The molecule has 2 rings (SSSR count). The van der Waals surface area contributed by atoms with Gasteiger partial charge in [0.05, 0.1) is 32.3 Å². The highest BCUT2D eigenvalue weighted by molar-refractivity contribution is 5.94. The Labute approximate surface area is 142 Å². The highest BCUT2D eigenvalue weighted by Crippen LogP contribution is 2.18. The number of carbonyl (C=O) groups excluding carboxylic acids is 1. The highest BCUT2D eigenvalue weighted by atomic mass is 16.5. The second-order valence-electron chi connectivity index (χ2n) is 5.91. The van der Waals surface area contributed by atoms with Crippen LogP contribution < -0.4 is 4.74 Å². The van der Waals surface area contributed by atoms with Crippen LogP contribution in [0.3, 0.4) is 0 Å². The third-order valence-corrected chi connectivity index (χ3v) is 4.02. The van der Waals surface area contributed by atoms with Crippen molar-refractivity contribution in [3.8, 4) is 5.75 Å². The molecule has 1 aliphatic heterocycles. The molecule has 0 aromatic heterocycles. The zero-order valence-corrected chi connectivity index (χ0v) is 14.1. The first-order valence-electron chi connectivity index (χ1n) is 8.45. The summed E-state index contributed by atoms with van der Waals surface area (Å²) in [5.41, 5.74) is 0.535. The van der Waals surface area contributed by atoms with Crippen molar-refractivity contribution in [1.82, 2.24) is 4.90 Å². The van der Waals surface area contributed by atoms with E-state index in [2.05, 4.69) is 6.92 Å². The zero-order valence-electron chi connectivity index (χ0n) is 14.1. The minimum Gasteiger partial charge on any atom is -0.494 e. The molecule has 6 heteroatoms. The van der Waals surface area contributed by atoms with Crippen molar-refractivity contribution in [3.63, 3.8) is 0 Å². The van der Waals surface area contributed by atoms with E-state index in [4.69, 9.17) is 14.6 Å². The lowest BCUT2D eigenvalue weighted by molar-refractivity contribution is -0.139. The van der Waals surface area contributed by atoms with Gasteiger partial charge in [0.1, 0.15) is 5.75 Å². The van der Waals surface area contributed by atoms with Crippen LogP contribution in [-0.2, 0) is 9.53 Å². The number of carbonyl (C=O) groups is 2. The first kappa shape index (κ1) is 18.3. The Bertz CT molecular complexity index is 543. The molecule has 1 unspecified atom stereocenters. The molecule has 6 nitrogen and oxygen atoms in total. The summed E-state index contributed by atoms with van der Waals surface area (Å²) in [5, 5.41) is 8.98. The zero-order chi connectivity index (χ0) is 17.4. The molecule has 1 fully saturated rings. The van der Waals surface area contributed by atoms with Crippen LogP contribution >= 0.6 is 0 Å². The van der Waals surface area contributed by atoms with E-state index < -0.39 is 12.0 Å². The van der Waals surface area contributed by atoms with Crippen molar-refractivity contribution >= 4 is 11.9 Å². The SMILES string of the molecule is CCCCCOc1ccc(C(=O)N2CCOCC2CC(=O)O)cc1. The molecule has 1 saturated heterocycles. The van der Waals surface area contributed by atoms with Crippen LogP contribution in [0.4, 0.5) is 0 Å². The molecule has 1 amide bonds. The van der Waals surface area contributed by atoms with Crippen molar-refractivity contribution in [3.05, 3.63) is 29.8 Å². The Morgan fingerprint density at radius 2 is 2.04 bits per heavy atom. The van der Waals surface area contributed by atoms with E-state index in [0.29, 0.717) is 25.3 Å². The second-order valence-corrected chi connectivity index (χ2v) is 5.91. The summed E-state index contributed by atoms with van der Waals surface area (Å²) >= 11 is 0. The standard InChI is InChI=1S/C18H25NO5/c1-2-3-4-10-24-16-7-5-14(6-8-16)18(22)19-9-11-23-13-15(19)12-17(20)21/h5-8,15H,2-4,9-13H2,1H3,(H,20,21). The Balaban J connectivity index is 1.96. The van der Waals surface area contributed by atoms with Gasteiger partial charge in [-0.15, -0.1) is 0 Å². The number of rotatable bonds is 8. The van der Waals surface area contributed by atoms with Gasteiger partial charge >= 0.3 is 5.97 Å². The fraction of sp³-hybridized carbons (Fsp3) is 0.556. The third-order valence-electron chi connectivity index (χ3n) is 4.02. The summed E-state index contributed by atoms with van der Waals surface area (Å²) in [6.07, 6.45) is 3.19. The average Bonchev–Trinajstić information content (AvgIpc) is 2.59. The van der Waals surface area contributed by atoms with E-state index in [-0.39, 0.29) is 18.9 Å². The molecule has 1 aliphatic rings. The maximum absolute atomic E-state index is 12.6. The monoisotopic (exact) mass is 335 g/mol. The van der Waals surface area contributed by atoms with Crippen molar-refractivity contribution in [2.45, 2.75) is 38.6 Å². The van der Waals surface area contributed by atoms with Crippen molar-refractivity contribution in [1.29, 1.82) is 0 Å². The first-order chi connectivity index (χ1) is 11.6. The van der Waals surface area contributed by atoms with E-state index in [1.54, 1.807) is 29.2 Å². The molecule has 0 bridgehead atoms. The molecule has 1 heterocycles. The van der Waals surface area contributed by atoms with Gasteiger partial charge in [0, 0.05) is 12.1 Å². The van der Waals surface area contributed by atoms with Crippen LogP contribution in [0, 0.1) is 0 Å². The normalized spacial score (nSPS) is 17.5. The molecule has 1 atom stereocenters. The van der Waals surface area contributed by atoms with E-state index in [9.17, 15) is 9.59 Å². The van der Waals surface area contributed by atoms with E-state index in [0.717, 1.165) is 25.0 Å². The van der Waals surface area contributed by atoms with Crippen molar-refractivity contribution < 1.29 is 24.2 Å². The molecule has 0 radical (unpaired) electrons. The number of nitrogens with zero attached hydrogens (tertiary/aromatic N) is 1. The molecular formula is C18H25NO5. The van der Waals surface area contributed by atoms with Gasteiger partial charge in [0.25, 0.3) is 5.91 Å². The Morgan fingerprint density at radius 1 is 1.29 bits per heavy atom. The molecular weight excluding hydrogens is 310 g/mol. The molecule has 132 valence electrons. The van der Waals surface area contributed by atoms with Gasteiger partial charge < -0.3 is 19.5 Å². The molecule has 1 N–H and O–H groups in total. The number of amides is 1. The van der Waals surface area contributed by atoms with Crippen LogP contribution in [0.25, 0.3) is 0 Å². The van der Waals surface area contributed by atoms with Gasteiger partial charge in [0.2, 0.25) is 0 Å². The Hall–Kier alpha value is -2.08. The highest BCUT2D eigenvalue weighted by Gasteiger charge is 2.29. The minimum absolute atomic E-state index is 0.107. The van der Waals surface area contributed by atoms with Crippen molar-refractivity contribution in [2.24, 2.45) is 0 Å². The number of carboxylic acid groups (broad SMARTS) is 1. The Kier molecular flexibility index (Phi) is 7.06. The van der Waals surface area contributed by atoms with Crippen molar-refractivity contribution in [2.75, 3.05) is 26.4 Å². The van der Waals surface area contributed by atoms with Crippen LogP contribution in [0.5, 0.6) is 5.75 Å². The van der Waals surface area contributed by atoms with Gasteiger partial charge in [-0.3, -0.25) is 9.59 Å². The minimum atomic E-state index is -0.931. The van der Waals surface area contributed by atoms with E-state index in [1.807, 2.05) is 0 Å². The number of hydrogen-bond donors (Lipinski definition) is 1. The fourth-order valence-corrected chi connectivity index (χ4v) is 2.69. The summed E-state index contributed by atoms with van der Waals surface area (Å²) in [7, 11) is 0. The lowest BCUT2D eigenvalue weighted by atomic mass is 10.1. The number of aliphatic carboxylic acids is 1. The summed E-state index contributed by atoms with van der Waals surface area (Å²) in [6.45, 7) is 3.91. The van der Waals surface area contributed by atoms with E-state index in [1.165, 1.54) is 0 Å². The lowest BCUT2D eigenvalue weighted by Crippen LogP contribution is -2.49. The van der Waals surface area contributed by atoms with Gasteiger partial charge in [-0.05, 0) is 30.7 Å². The maximum atomic E-state index is 12.6. The summed E-state index contributed by atoms with van der Waals surface area (Å²) < 4.78 is 10.9. The molecule has 0 aliphatic carbocycles. The predicted octanol–water partition coefficient (Wildman–Crippen LogP) is 2.57. The number of unbranched alkanes of at least 4 members (excludes halogenated alkanes) is 2. The largest absolute Gasteiger partial charge is 0.494 e. The van der Waals surface area contributed by atoms with Crippen LogP contribution in [0.2, 0.25) is 0 Å². The molecule has 1 aromatic carbocycles. The van der Waals surface area contributed by atoms with Gasteiger partial charge in [0.15, 0.2) is 0 Å². The molecule has 0 spiro atoms. The number of ether oxygens (including phenoxy) is 2. The predicted molar refractivity (Wildman–Crippen MR) is 89.4 cm³/mol. The maximum Gasteiger partial charge on any atom is 0.305 e. The number of benzene rings is 1. The van der Waals surface area contributed by atoms with Crippen LogP contribution in [0.15, 0.2) is 24.3 Å². The number of hydrogen-bond acceptors (Lipinski definition) is 4. The van der Waals surface area contributed by atoms with E-state index >= 15 is 0 Å². The summed E-state index contributed by atoms with van der Waals surface area (Å²) in [6, 6.07) is 6.60. The van der Waals surface area contributed by atoms with Gasteiger partial charge in [-0.25, -0.2) is 0 Å². The summed E-state index contributed by atoms with van der Waals surface area (Å²) in [5.74, 6) is -0.354.